The second kappa shape index (κ2) is 6.06. The molecule has 0 bridgehead atoms. The first-order valence-electron chi connectivity index (χ1n) is 6.28. The van der Waals surface area contributed by atoms with Crippen LogP contribution in [0.1, 0.15) is 31.2 Å². The number of benzene rings is 1. The quantitative estimate of drug-likeness (QED) is 0.764. The van der Waals surface area contributed by atoms with Gasteiger partial charge in [0.25, 0.3) is 0 Å². The average Bonchev–Trinajstić information content (AvgIpc) is 2.37. The van der Waals surface area contributed by atoms with Gasteiger partial charge in [0.15, 0.2) is 0 Å². The summed E-state index contributed by atoms with van der Waals surface area (Å²) in [5.41, 5.74) is 2.28. The lowest BCUT2D eigenvalue weighted by Gasteiger charge is -2.29. The number of nitrogens with zero attached hydrogens (tertiary/aromatic N) is 1. The molecular weight excluding hydrogens is 234 g/mol. The third-order valence-corrected chi connectivity index (χ3v) is 3.56. The zero-order chi connectivity index (χ0) is 12.1. The van der Waals surface area contributed by atoms with Crippen LogP contribution in [0.2, 0.25) is 5.02 Å². The van der Waals surface area contributed by atoms with Crippen LogP contribution in [0, 0.1) is 0 Å². The van der Waals surface area contributed by atoms with Crippen molar-refractivity contribution in [2.75, 3.05) is 18.0 Å². The van der Waals surface area contributed by atoms with Crippen LogP contribution in [0.3, 0.4) is 0 Å². The molecule has 0 atom stereocenters. The Morgan fingerprint density at radius 1 is 1.24 bits per heavy atom. The fourth-order valence-corrected chi connectivity index (χ4v) is 2.65. The topological polar surface area (TPSA) is 20.3 Å². The van der Waals surface area contributed by atoms with E-state index in [1.807, 2.05) is 6.07 Å². The van der Waals surface area contributed by atoms with Crippen molar-refractivity contribution in [1.29, 1.82) is 0 Å². The average molecular weight is 252 g/mol. The van der Waals surface area contributed by atoms with Gasteiger partial charge in [-0.2, -0.15) is 0 Å². The van der Waals surface area contributed by atoms with Gasteiger partial charge in [0, 0.05) is 19.5 Å². The Morgan fingerprint density at radius 3 is 2.65 bits per heavy atom. The number of aryl methyl sites for hydroxylation is 1. The van der Waals surface area contributed by atoms with E-state index < -0.39 is 0 Å². The normalized spacial score (nSPS) is 15.9. The summed E-state index contributed by atoms with van der Waals surface area (Å²) in [4.78, 5) is 12.7. The SMILES string of the molecule is O=CCCc1ccc(N2CCCCC2)c(Cl)c1. The summed E-state index contributed by atoms with van der Waals surface area (Å²) < 4.78 is 0. The van der Waals surface area contributed by atoms with Crippen LogP contribution in [0.25, 0.3) is 0 Å². The molecule has 1 saturated heterocycles. The number of hydrogen-bond donors (Lipinski definition) is 0. The van der Waals surface area contributed by atoms with E-state index in [2.05, 4.69) is 17.0 Å². The Bertz CT molecular complexity index is 386. The van der Waals surface area contributed by atoms with Gasteiger partial charge in [-0.05, 0) is 43.4 Å². The predicted molar refractivity (Wildman–Crippen MR) is 71.9 cm³/mol. The number of halogens is 1. The maximum absolute atomic E-state index is 10.3. The van der Waals surface area contributed by atoms with E-state index in [1.165, 1.54) is 19.3 Å². The highest BCUT2D eigenvalue weighted by molar-refractivity contribution is 6.33. The van der Waals surface area contributed by atoms with Gasteiger partial charge >= 0.3 is 0 Å². The summed E-state index contributed by atoms with van der Waals surface area (Å²) in [5.74, 6) is 0. The first-order chi connectivity index (χ1) is 8.31. The molecule has 17 heavy (non-hydrogen) atoms. The molecule has 1 aromatic rings. The van der Waals surface area contributed by atoms with Gasteiger partial charge in [0.05, 0.1) is 10.7 Å². The molecule has 0 radical (unpaired) electrons. The van der Waals surface area contributed by atoms with E-state index in [9.17, 15) is 4.79 Å². The highest BCUT2D eigenvalue weighted by Gasteiger charge is 2.13. The third-order valence-electron chi connectivity index (χ3n) is 3.26. The van der Waals surface area contributed by atoms with Crippen molar-refractivity contribution in [1.82, 2.24) is 0 Å². The summed E-state index contributed by atoms with van der Waals surface area (Å²) in [7, 11) is 0. The zero-order valence-corrected chi connectivity index (χ0v) is 10.7. The summed E-state index contributed by atoms with van der Waals surface area (Å²) in [6.45, 7) is 2.21. The predicted octanol–water partition coefficient (Wildman–Crippen LogP) is 3.46. The number of piperidine rings is 1. The Hall–Kier alpha value is -1.02. The molecule has 0 aromatic heterocycles. The minimum Gasteiger partial charge on any atom is -0.370 e. The van der Waals surface area contributed by atoms with Crippen molar-refractivity contribution in [3.05, 3.63) is 28.8 Å². The van der Waals surface area contributed by atoms with Gasteiger partial charge in [0.1, 0.15) is 6.29 Å². The van der Waals surface area contributed by atoms with E-state index in [0.717, 1.165) is 42.1 Å². The molecule has 0 saturated carbocycles. The number of hydrogen-bond acceptors (Lipinski definition) is 2. The third kappa shape index (κ3) is 3.22. The van der Waals surface area contributed by atoms with Crippen LogP contribution in [0.4, 0.5) is 5.69 Å². The van der Waals surface area contributed by atoms with Crippen molar-refractivity contribution in [3.63, 3.8) is 0 Å². The summed E-state index contributed by atoms with van der Waals surface area (Å²) >= 11 is 6.31. The number of carbonyl (C=O) groups excluding carboxylic acids is 1. The molecule has 1 aliphatic rings. The minimum atomic E-state index is 0.569. The van der Waals surface area contributed by atoms with E-state index >= 15 is 0 Å². The van der Waals surface area contributed by atoms with Crippen molar-refractivity contribution < 1.29 is 4.79 Å². The highest BCUT2D eigenvalue weighted by Crippen LogP contribution is 2.29. The molecule has 2 nitrogen and oxygen atoms in total. The number of aldehydes is 1. The second-order valence-corrected chi connectivity index (χ2v) is 4.95. The van der Waals surface area contributed by atoms with Gasteiger partial charge in [0.2, 0.25) is 0 Å². The van der Waals surface area contributed by atoms with Crippen molar-refractivity contribution in [3.8, 4) is 0 Å². The molecule has 2 rings (SSSR count). The van der Waals surface area contributed by atoms with Crippen LogP contribution < -0.4 is 4.90 Å². The Labute approximate surface area is 108 Å². The smallest absolute Gasteiger partial charge is 0.120 e. The van der Waals surface area contributed by atoms with E-state index in [-0.39, 0.29) is 0 Å². The largest absolute Gasteiger partial charge is 0.370 e. The first-order valence-corrected chi connectivity index (χ1v) is 6.66. The van der Waals surface area contributed by atoms with Crippen molar-refractivity contribution >= 4 is 23.6 Å². The molecule has 1 aromatic carbocycles. The van der Waals surface area contributed by atoms with Gasteiger partial charge in [-0.15, -0.1) is 0 Å². The number of anilines is 1. The molecule has 0 unspecified atom stereocenters. The van der Waals surface area contributed by atoms with E-state index in [1.54, 1.807) is 0 Å². The van der Waals surface area contributed by atoms with Crippen molar-refractivity contribution in [2.45, 2.75) is 32.1 Å². The lowest BCUT2D eigenvalue weighted by molar-refractivity contribution is -0.107. The Balaban J connectivity index is 2.10. The molecule has 1 aliphatic heterocycles. The van der Waals surface area contributed by atoms with E-state index in [0.29, 0.717) is 6.42 Å². The maximum atomic E-state index is 10.3. The van der Waals surface area contributed by atoms with Crippen LogP contribution >= 0.6 is 11.6 Å². The minimum absolute atomic E-state index is 0.569. The van der Waals surface area contributed by atoms with Crippen LogP contribution in [-0.4, -0.2) is 19.4 Å². The number of rotatable bonds is 4. The molecule has 0 amide bonds. The van der Waals surface area contributed by atoms with E-state index in [4.69, 9.17) is 11.6 Å². The second-order valence-electron chi connectivity index (χ2n) is 4.54. The Morgan fingerprint density at radius 2 is 2.00 bits per heavy atom. The molecular formula is C14H18ClNO. The van der Waals surface area contributed by atoms with Crippen molar-refractivity contribution in [2.24, 2.45) is 0 Å². The fourth-order valence-electron chi connectivity index (χ4n) is 2.32. The standard InChI is InChI=1S/C14H18ClNO/c15-13-11-12(5-4-10-17)6-7-14(13)16-8-2-1-3-9-16/h6-7,10-11H,1-5,8-9H2. The first kappa shape index (κ1) is 12.4. The zero-order valence-electron chi connectivity index (χ0n) is 9.99. The Kier molecular flexibility index (Phi) is 4.43. The van der Waals surface area contributed by atoms with Gasteiger partial charge < -0.3 is 9.69 Å². The fraction of sp³-hybridized carbons (Fsp3) is 0.500. The molecule has 0 spiro atoms. The summed E-state index contributed by atoms with van der Waals surface area (Å²) in [5, 5.41) is 0.815. The molecule has 0 aliphatic carbocycles. The van der Waals surface area contributed by atoms with Gasteiger partial charge in [-0.1, -0.05) is 17.7 Å². The van der Waals surface area contributed by atoms with Gasteiger partial charge in [-0.25, -0.2) is 0 Å². The highest BCUT2D eigenvalue weighted by atomic mass is 35.5. The molecule has 0 N–H and O–H groups in total. The molecule has 1 fully saturated rings. The van der Waals surface area contributed by atoms with Crippen LogP contribution in [-0.2, 0) is 11.2 Å². The molecule has 1 heterocycles. The lowest BCUT2D eigenvalue weighted by atomic mass is 10.1. The lowest BCUT2D eigenvalue weighted by Crippen LogP contribution is -2.29. The monoisotopic (exact) mass is 251 g/mol. The van der Waals surface area contributed by atoms with Gasteiger partial charge in [-0.3, -0.25) is 0 Å². The molecule has 3 heteroatoms. The summed E-state index contributed by atoms with van der Waals surface area (Å²) in [6, 6.07) is 6.17. The summed E-state index contributed by atoms with van der Waals surface area (Å²) in [6.07, 6.45) is 6.13. The van der Waals surface area contributed by atoms with Crippen LogP contribution in [0.15, 0.2) is 18.2 Å². The molecule has 92 valence electrons. The maximum Gasteiger partial charge on any atom is 0.120 e. The number of carbonyl (C=O) groups is 1. The van der Waals surface area contributed by atoms with Crippen LogP contribution in [0.5, 0.6) is 0 Å².